The van der Waals surface area contributed by atoms with Crippen LogP contribution in [0.4, 0.5) is 11.4 Å². The largest absolute Gasteiger partial charge is 0.333 e. The zero-order chi connectivity index (χ0) is 29.0. The van der Waals surface area contributed by atoms with Crippen LogP contribution >= 0.6 is 0 Å². The maximum absolute atomic E-state index is 2.54. The van der Waals surface area contributed by atoms with Gasteiger partial charge in [-0.1, -0.05) is 133 Å². The molecule has 0 saturated heterocycles. The Bertz CT molecular complexity index is 2210. The Morgan fingerprint density at radius 1 is 0.432 bits per heavy atom. The average molecular weight is 563 g/mol. The van der Waals surface area contributed by atoms with Gasteiger partial charge in [-0.3, -0.25) is 0 Å². The van der Waals surface area contributed by atoms with Crippen molar-refractivity contribution in [3.8, 4) is 27.9 Å². The molecule has 2 unspecified atom stereocenters. The van der Waals surface area contributed by atoms with E-state index in [0.29, 0.717) is 5.92 Å². The maximum atomic E-state index is 2.54. The van der Waals surface area contributed by atoms with Crippen LogP contribution in [0.15, 0.2) is 170 Å². The zero-order valence-electron chi connectivity index (χ0n) is 24.2. The van der Waals surface area contributed by atoms with Gasteiger partial charge in [0.05, 0.1) is 22.8 Å². The lowest BCUT2D eigenvalue weighted by Gasteiger charge is -2.30. The van der Waals surface area contributed by atoms with Crippen LogP contribution in [0.2, 0.25) is 0 Å². The molecule has 2 heteroatoms. The summed E-state index contributed by atoms with van der Waals surface area (Å²) in [4.78, 5) is 2.54. The molecule has 44 heavy (non-hydrogen) atoms. The Hall–Kier alpha value is -5.60. The van der Waals surface area contributed by atoms with E-state index in [1.807, 2.05) is 0 Å². The summed E-state index contributed by atoms with van der Waals surface area (Å²) in [7, 11) is 0. The summed E-state index contributed by atoms with van der Waals surface area (Å²) in [6.07, 6.45) is 9.07. The van der Waals surface area contributed by atoms with Crippen molar-refractivity contribution in [2.75, 3.05) is 4.90 Å². The maximum Gasteiger partial charge on any atom is 0.0629 e. The van der Waals surface area contributed by atoms with Crippen molar-refractivity contribution in [1.29, 1.82) is 0 Å². The van der Waals surface area contributed by atoms with Gasteiger partial charge in [-0.15, -0.1) is 0 Å². The molecule has 0 amide bonds. The van der Waals surface area contributed by atoms with E-state index in [9.17, 15) is 0 Å². The summed E-state index contributed by atoms with van der Waals surface area (Å²) < 4.78 is 2.42. The minimum absolute atomic E-state index is 0.262. The normalized spacial score (nSPS) is 16.9. The van der Waals surface area contributed by atoms with Crippen LogP contribution in [0.5, 0.6) is 0 Å². The van der Waals surface area contributed by atoms with Gasteiger partial charge in [0.15, 0.2) is 0 Å². The summed E-state index contributed by atoms with van der Waals surface area (Å²) in [6, 6.07) is 53.3. The van der Waals surface area contributed by atoms with Gasteiger partial charge < -0.3 is 9.47 Å². The van der Waals surface area contributed by atoms with E-state index in [-0.39, 0.29) is 6.04 Å². The first-order chi connectivity index (χ1) is 21.9. The van der Waals surface area contributed by atoms with E-state index < -0.39 is 0 Å². The fraction of sp³-hybridized carbons (Fsp3) is 0.0476. The molecule has 2 atom stereocenters. The molecule has 1 aliphatic carbocycles. The van der Waals surface area contributed by atoms with Crippen LogP contribution in [0.25, 0.3) is 49.7 Å². The molecule has 0 fully saturated rings. The molecular formula is C42H30N2. The molecule has 0 N–H and O–H groups in total. The third-order valence-electron chi connectivity index (χ3n) is 9.33. The smallest absolute Gasteiger partial charge is 0.0629 e. The first-order valence-corrected chi connectivity index (χ1v) is 15.4. The minimum atomic E-state index is 0.262. The van der Waals surface area contributed by atoms with Crippen molar-refractivity contribution in [2.45, 2.75) is 12.0 Å². The van der Waals surface area contributed by atoms with Crippen molar-refractivity contribution in [1.82, 2.24) is 4.57 Å². The highest BCUT2D eigenvalue weighted by molar-refractivity contribution is 6.09. The fourth-order valence-corrected chi connectivity index (χ4v) is 7.45. The standard InChI is InChI=1S/C42H30N2/c1-7-22-37(43-39-24-9-3-18-33(39)34-19-4-10-25-40(34)43)31(16-1)29-14-13-15-30(28-29)32-17-2-8-23-38(32)44-41-26-11-5-20-35(41)36-21-6-12-27-42(36)44/h1-28,33,39H. The van der Waals surface area contributed by atoms with Gasteiger partial charge in [-0.25, -0.2) is 0 Å². The molecule has 1 aromatic heterocycles. The topological polar surface area (TPSA) is 8.17 Å². The summed E-state index contributed by atoms with van der Waals surface area (Å²) in [6.45, 7) is 0. The van der Waals surface area contributed by atoms with Gasteiger partial charge in [0.25, 0.3) is 0 Å². The molecule has 2 nitrogen and oxygen atoms in total. The number of nitrogens with zero attached hydrogens (tertiary/aromatic N) is 2. The lowest BCUT2D eigenvalue weighted by atomic mass is 9.91. The lowest BCUT2D eigenvalue weighted by molar-refractivity contribution is 0.745. The number of allylic oxidation sites excluding steroid dienone is 2. The molecule has 0 radical (unpaired) electrons. The highest BCUT2D eigenvalue weighted by atomic mass is 15.2. The summed E-state index contributed by atoms with van der Waals surface area (Å²) in [5.41, 5.74) is 12.4. The predicted octanol–water partition coefficient (Wildman–Crippen LogP) is 10.8. The Kier molecular flexibility index (Phi) is 5.67. The van der Waals surface area contributed by atoms with E-state index in [1.54, 1.807) is 0 Å². The molecule has 6 aromatic carbocycles. The third kappa shape index (κ3) is 3.74. The molecule has 2 aliphatic rings. The van der Waals surface area contributed by atoms with E-state index in [1.165, 1.54) is 66.7 Å². The van der Waals surface area contributed by atoms with Crippen LogP contribution < -0.4 is 4.90 Å². The van der Waals surface area contributed by atoms with Gasteiger partial charge >= 0.3 is 0 Å². The second-order valence-corrected chi connectivity index (χ2v) is 11.7. The SMILES string of the molecule is C1=CC2c3ccccc3N(c3ccccc3-c3cccc(-c4ccccc4-n4c5ccccc5c5ccccc54)c3)C2C=C1. The highest BCUT2D eigenvalue weighted by Crippen LogP contribution is 2.50. The Labute approximate surface area is 257 Å². The number of aromatic nitrogens is 1. The summed E-state index contributed by atoms with van der Waals surface area (Å²) >= 11 is 0. The van der Waals surface area contributed by atoms with Crippen molar-refractivity contribution in [3.63, 3.8) is 0 Å². The molecule has 2 heterocycles. The molecule has 0 saturated carbocycles. The van der Waals surface area contributed by atoms with E-state index >= 15 is 0 Å². The molecule has 208 valence electrons. The highest BCUT2D eigenvalue weighted by Gasteiger charge is 2.37. The molecule has 9 rings (SSSR count). The Morgan fingerprint density at radius 3 is 1.70 bits per heavy atom. The summed E-state index contributed by atoms with van der Waals surface area (Å²) in [5.74, 6) is 0.355. The first kappa shape index (κ1) is 24.9. The number of rotatable bonds is 4. The molecule has 7 aromatic rings. The van der Waals surface area contributed by atoms with Crippen LogP contribution in [-0.2, 0) is 0 Å². The Balaban J connectivity index is 1.21. The minimum Gasteiger partial charge on any atom is -0.333 e. The van der Waals surface area contributed by atoms with Gasteiger partial charge in [0.2, 0.25) is 0 Å². The second kappa shape index (κ2) is 10.00. The van der Waals surface area contributed by atoms with Crippen molar-refractivity contribution >= 4 is 33.2 Å². The van der Waals surface area contributed by atoms with Gasteiger partial charge in [-0.05, 0) is 53.1 Å². The van der Waals surface area contributed by atoms with Gasteiger partial charge in [-0.2, -0.15) is 0 Å². The number of hydrogen-bond donors (Lipinski definition) is 0. The quantitative estimate of drug-likeness (QED) is 0.207. The van der Waals surface area contributed by atoms with Crippen LogP contribution in [0, 0.1) is 0 Å². The van der Waals surface area contributed by atoms with E-state index in [4.69, 9.17) is 0 Å². The van der Waals surface area contributed by atoms with Crippen LogP contribution in [0.1, 0.15) is 11.5 Å². The van der Waals surface area contributed by atoms with Crippen molar-refractivity contribution < 1.29 is 0 Å². The molecular weight excluding hydrogens is 532 g/mol. The lowest BCUT2D eigenvalue weighted by Crippen LogP contribution is -2.28. The van der Waals surface area contributed by atoms with E-state index in [0.717, 1.165) is 0 Å². The van der Waals surface area contributed by atoms with Crippen molar-refractivity contribution in [3.05, 3.63) is 175 Å². The summed E-state index contributed by atoms with van der Waals surface area (Å²) in [5, 5.41) is 2.55. The molecule has 0 spiro atoms. The number of hydrogen-bond acceptors (Lipinski definition) is 1. The number of anilines is 2. The fourth-order valence-electron chi connectivity index (χ4n) is 7.45. The van der Waals surface area contributed by atoms with Gasteiger partial charge in [0.1, 0.15) is 0 Å². The van der Waals surface area contributed by atoms with Gasteiger partial charge in [0, 0.05) is 39.2 Å². The Morgan fingerprint density at radius 2 is 0.977 bits per heavy atom. The first-order valence-electron chi connectivity index (χ1n) is 15.4. The molecule has 1 aliphatic heterocycles. The average Bonchev–Trinajstić information content (AvgIpc) is 3.61. The zero-order valence-corrected chi connectivity index (χ0v) is 24.2. The second-order valence-electron chi connectivity index (χ2n) is 11.7. The monoisotopic (exact) mass is 562 g/mol. The van der Waals surface area contributed by atoms with Crippen LogP contribution in [-0.4, -0.2) is 10.6 Å². The number of fused-ring (bicyclic) bond motifs is 6. The molecule has 0 bridgehead atoms. The number of para-hydroxylation sites is 5. The van der Waals surface area contributed by atoms with Crippen LogP contribution in [0.3, 0.4) is 0 Å². The van der Waals surface area contributed by atoms with Crippen molar-refractivity contribution in [2.24, 2.45) is 0 Å². The predicted molar refractivity (Wildman–Crippen MR) is 185 cm³/mol. The number of benzene rings is 6. The van der Waals surface area contributed by atoms with E-state index in [2.05, 4.69) is 179 Å². The third-order valence-corrected chi connectivity index (χ3v) is 9.33.